The van der Waals surface area contributed by atoms with Gasteiger partial charge in [0, 0.05) is 35.8 Å². The minimum atomic E-state index is -3.60. The lowest BCUT2D eigenvalue weighted by Crippen LogP contribution is -2.29. The van der Waals surface area contributed by atoms with Crippen molar-refractivity contribution in [3.63, 3.8) is 0 Å². The van der Waals surface area contributed by atoms with E-state index in [1.54, 1.807) is 24.4 Å². The van der Waals surface area contributed by atoms with Gasteiger partial charge in [-0.3, -0.25) is 0 Å². The Hall–Kier alpha value is -2.22. The molecule has 3 rings (SSSR count). The Morgan fingerprint density at radius 1 is 1.17 bits per heavy atom. The highest BCUT2D eigenvalue weighted by atomic mass is 32.2. The molecule has 2 aromatic carbocycles. The minimum Gasteiger partial charge on any atom is -0.360 e. The summed E-state index contributed by atoms with van der Waals surface area (Å²) in [6.07, 6.45) is 1.74. The largest absolute Gasteiger partial charge is 0.360 e. The summed E-state index contributed by atoms with van der Waals surface area (Å²) in [5.41, 5.74) is 7.55. The highest BCUT2D eigenvalue weighted by Crippen LogP contribution is 2.30. The summed E-state index contributed by atoms with van der Waals surface area (Å²) in [6, 6.07) is 11.1. The van der Waals surface area contributed by atoms with Crippen LogP contribution in [0.25, 0.3) is 22.0 Å². The topological polar surface area (TPSA) is 88.0 Å². The zero-order chi connectivity index (χ0) is 16.4. The van der Waals surface area contributed by atoms with Crippen molar-refractivity contribution < 1.29 is 12.8 Å². The molecule has 0 fully saturated rings. The summed E-state index contributed by atoms with van der Waals surface area (Å²) >= 11 is 0. The van der Waals surface area contributed by atoms with Gasteiger partial charge in [-0.2, -0.15) is 0 Å². The van der Waals surface area contributed by atoms with Crippen LogP contribution in [0.2, 0.25) is 0 Å². The molecule has 0 saturated carbocycles. The third kappa shape index (κ3) is 3.12. The number of sulfonamides is 1. The zero-order valence-corrected chi connectivity index (χ0v) is 13.0. The first kappa shape index (κ1) is 15.7. The maximum absolute atomic E-state index is 13.3. The van der Waals surface area contributed by atoms with E-state index in [-0.39, 0.29) is 23.8 Å². The second kappa shape index (κ2) is 6.11. The highest BCUT2D eigenvalue weighted by Gasteiger charge is 2.15. The van der Waals surface area contributed by atoms with Crippen LogP contribution in [-0.4, -0.2) is 26.5 Å². The SMILES string of the molecule is NCCNS(=O)(=O)c1cccc(-c2c[nH]c3cc(F)ccc23)c1. The van der Waals surface area contributed by atoms with Crippen LogP contribution in [0.1, 0.15) is 0 Å². The predicted octanol–water partition coefficient (Wildman–Crippen LogP) is 2.21. The van der Waals surface area contributed by atoms with Crippen molar-refractivity contribution in [3.05, 3.63) is 54.5 Å². The van der Waals surface area contributed by atoms with Gasteiger partial charge in [0.25, 0.3) is 0 Å². The van der Waals surface area contributed by atoms with Crippen molar-refractivity contribution in [2.45, 2.75) is 4.90 Å². The van der Waals surface area contributed by atoms with E-state index >= 15 is 0 Å². The van der Waals surface area contributed by atoms with Crippen LogP contribution in [0, 0.1) is 5.82 Å². The minimum absolute atomic E-state index is 0.167. The molecule has 1 aromatic heterocycles. The van der Waals surface area contributed by atoms with Crippen molar-refractivity contribution >= 4 is 20.9 Å². The van der Waals surface area contributed by atoms with Crippen molar-refractivity contribution in [2.24, 2.45) is 5.73 Å². The number of hydrogen-bond acceptors (Lipinski definition) is 3. The van der Waals surface area contributed by atoms with E-state index < -0.39 is 10.0 Å². The second-order valence-corrected chi connectivity index (χ2v) is 6.87. The lowest BCUT2D eigenvalue weighted by atomic mass is 10.1. The van der Waals surface area contributed by atoms with E-state index in [1.807, 2.05) is 6.07 Å². The Kier molecular flexibility index (Phi) is 4.16. The molecule has 0 atom stereocenters. The molecule has 23 heavy (non-hydrogen) atoms. The first-order chi connectivity index (χ1) is 11.0. The monoisotopic (exact) mass is 333 g/mol. The maximum atomic E-state index is 13.3. The van der Waals surface area contributed by atoms with Crippen LogP contribution >= 0.6 is 0 Å². The molecule has 4 N–H and O–H groups in total. The number of benzene rings is 2. The fraction of sp³-hybridized carbons (Fsp3) is 0.125. The van der Waals surface area contributed by atoms with Gasteiger partial charge in [0.05, 0.1) is 4.90 Å². The summed E-state index contributed by atoms with van der Waals surface area (Å²) in [4.78, 5) is 3.16. The van der Waals surface area contributed by atoms with Gasteiger partial charge < -0.3 is 10.7 Å². The van der Waals surface area contributed by atoms with Crippen LogP contribution < -0.4 is 10.5 Å². The van der Waals surface area contributed by atoms with E-state index in [4.69, 9.17) is 5.73 Å². The van der Waals surface area contributed by atoms with E-state index in [2.05, 4.69) is 9.71 Å². The lowest BCUT2D eigenvalue weighted by Gasteiger charge is -2.07. The number of nitrogens with two attached hydrogens (primary N) is 1. The fourth-order valence-electron chi connectivity index (χ4n) is 2.44. The summed E-state index contributed by atoms with van der Waals surface area (Å²) < 4.78 is 40.1. The summed E-state index contributed by atoms with van der Waals surface area (Å²) in [5, 5.41) is 0.830. The molecule has 0 saturated heterocycles. The number of fused-ring (bicyclic) bond motifs is 1. The normalized spacial score (nSPS) is 11.9. The van der Waals surface area contributed by atoms with Crippen LogP contribution in [0.4, 0.5) is 4.39 Å². The molecule has 1 heterocycles. The molecule has 0 aliphatic heterocycles. The molecular formula is C16H16FN3O2S. The molecule has 0 bridgehead atoms. The number of rotatable bonds is 5. The van der Waals surface area contributed by atoms with Crippen molar-refractivity contribution in [1.29, 1.82) is 0 Å². The van der Waals surface area contributed by atoms with Crippen molar-refractivity contribution in [2.75, 3.05) is 13.1 Å². The molecule has 3 aromatic rings. The van der Waals surface area contributed by atoms with Gasteiger partial charge in [0.2, 0.25) is 10.0 Å². The zero-order valence-electron chi connectivity index (χ0n) is 12.2. The van der Waals surface area contributed by atoms with Gasteiger partial charge in [0.1, 0.15) is 5.82 Å². The third-order valence-corrected chi connectivity index (χ3v) is 4.99. The molecule has 0 radical (unpaired) electrons. The molecule has 0 unspecified atom stereocenters. The van der Waals surface area contributed by atoms with Gasteiger partial charge >= 0.3 is 0 Å². The number of H-pyrrole nitrogens is 1. The summed E-state index contributed by atoms with van der Waals surface area (Å²) in [6.45, 7) is 0.409. The molecule has 0 aliphatic carbocycles. The van der Waals surface area contributed by atoms with Gasteiger partial charge in [0.15, 0.2) is 0 Å². The van der Waals surface area contributed by atoms with Crippen LogP contribution in [-0.2, 0) is 10.0 Å². The van der Waals surface area contributed by atoms with E-state index in [9.17, 15) is 12.8 Å². The average Bonchev–Trinajstić information content (AvgIpc) is 2.96. The fourth-order valence-corrected chi connectivity index (χ4v) is 3.54. The van der Waals surface area contributed by atoms with Crippen LogP contribution in [0.15, 0.2) is 53.6 Å². The number of nitrogens with one attached hydrogen (secondary N) is 2. The van der Waals surface area contributed by atoms with Crippen LogP contribution in [0.5, 0.6) is 0 Å². The Morgan fingerprint density at radius 2 is 2.00 bits per heavy atom. The molecule has 7 heteroatoms. The summed E-state index contributed by atoms with van der Waals surface area (Å²) in [5.74, 6) is -0.326. The molecule has 120 valence electrons. The molecular weight excluding hydrogens is 317 g/mol. The molecule has 0 aliphatic rings. The first-order valence-electron chi connectivity index (χ1n) is 7.08. The molecule has 0 amide bonds. The first-order valence-corrected chi connectivity index (χ1v) is 8.56. The number of aromatic nitrogens is 1. The highest BCUT2D eigenvalue weighted by molar-refractivity contribution is 7.89. The third-order valence-electron chi connectivity index (χ3n) is 3.54. The lowest BCUT2D eigenvalue weighted by molar-refractivity contribution is 0.582. The summed E-state index contributed by atoms with van der Waals surface area (Å²) in [7, 11) is -3.60. The van der Waals surface area contributed by atoms with E-state index in [1.165, 1.54) is 18.2 Å². The Bertz CT molecular complexity index is 951. The van der Waals surface area contributed by atoms with Crippen LogP contribution in [0.3, 0.4) is 0 Å². The molecule has 0 spiro atoms. The number of hydrogen-bond donors (Lipinski definition) is 3. The van der Waals surface area contributed by atoms with Gasteiger partial charge in [-0.15, -0.1) is 0 Å². The number of halogens is 1. The van der Waals surface area contributed by atoms with Crippen molar-refractivity contribution in [3.8, 4) is 11.1 Å². The van der Waals surface area contributed by atoms with E-state index in [0.29, 0.717) is 5.52 Å². The smallest absolute Gasteiger partial charge is 0.240 e. The van der Waals surface area contributed by atoms with Gasteiger partial charge in [-0.05, 0) is 35.9 Å². The van der Waals surface area contributed by atoms with Gasteiger partial charge in [-0.25, -0.2) is 17.5 Å². The molecule has 5 nitrogen and oxygen atoms in total. The Morgan fingerprint density at radius 3 is 2.78 bits per heavy atom. The number of aromatic amines is 1. The standard InChI is InChI=1S/C16H16FN3O2S/c17-12-4-5-14-15(10-19-16(14)9-12)11-2-1-3-13(8-11)23(21,22)20-7-6-18/h1-5,8-10,19-20H,6-7,18H2. The average molecular weight is 333 g/mol. The Labute approximate surface area is 133 Å². The van der Waals surface area contributed by atoms with Crippen molar-refractivity contribution in [1.82, 2.24) is 9.71 Å². The Balaban J connectivity index is 2.05. The maximum Gasteiger partial charge on any atom is 0.240 e. The van der Waals surface area contributed by atoms with E-state index in [0.717, 1.165) is 16.5 Å². The second-order valence-electron chi connectivity index (χ2n) is 5.11. The quantitative estimate of drug-likeness (QED) is 0.669. The predicted molar refractivity (Wildman–Crippen MR) is 87.9 cm³/mol. The van der Waals surface area contributed by atoms with Gasteiger partial charge in [-0.1, -0.05) is 12.1 Å².